The van der Waals surface area contributed by atoms with Gasteiger partial charge in [-0.05, 0) is 24.3 Å². The first-order valence-corrected chi connectivity index (χ1v) is 5.76. The van der Waals surface area contributed by atoms with Crippen LogP contribution in [0.1, 0.15) is 10.5 Å². The number of benzene rings is 1. The molecule has 0 saturated carbocycles. The van der Waals surface area contributed by atoms with Crippen molar-refractivity contribution in [2.75, 3.05) is 13.2 Å². The first kappa shape index (κ1) is 12.9. The molecule has 1 N–H and O–H groups in total. The second-order valence-corrected chi connectivity index (χ2v) is 3.69. The van der Waals surface area contributed by atoms with E-state index in [9.17, 15) is 4.79 Å². The van der Waals surface area contributed by atoms with E-state index in [4.69, 9.17) is 14.6 Å². The van der Waals surface area contributed by atoms with Crippen LogP contribution in [0.15, 0.2) is 48.7 Å². The van der Waals surface area contributed by atoms with Crippen molar-refractivity contribution in [1.82, 2.24) is 4.98 Å². The van der Waals surface area contributed by atoms with Gasteiger partial charge in [-0.25, -0.2) is 9.78 Å². The van der Waals surface area contributed by atoms with Crippen LogP contribution in [0.5, 0.6) is 11.5 Å². The monoisotopic (exact) mass is 259 g/mol. The molecule has 0 aliphatic heterocycles. The van der Waals surface area contributed by atoms with E-state index >= 15 is 0 Å². The highest BCUT2D eigenvalue weighted by atomic mass is 16.5. The molecule has 0 amide bonds. The molecule has 2 aromatic rings. The van der Waals surface area contributed by atoms with Crippen LogP contribution in [-0.4, -0.2) is 29.3 Å². The maximum atomic E-state index is 10.6. The summed E-state index contributed by atoms with van der Waals surface area (Å²) in [6.45, 7) is 0.772. The van der Waals surface area contributed by atoms with E-state index in [0.717, 1.165) is 5.75 Å². The van der Waals surface area contributed by atoms with E-state index in [1.807, 2.05) is 30.3 Å². The summed E-state index contributed by atoms with van der Waals surface area (Å²) in [5.41, 5.74) is -0.00659. The van der Waals surface area contributed by atoms with Crippen molar-refractivity contribution in [3.05, 3.63) is 54.4 Å². The maximum Gasteiger partial charge on any atom is 0.354 e. The largest absolute Gasteiger partial charge is 0.490 e. The van der Waals surface area contributed by atoms with E-state index in [2.05, 4.69) is 4.98 Å². The number of aromatic carboxylic acids is 1. The Bertz CT molecular complexity index is 525. The molecule has 0 atom stereocenters. The van der Waals surface area contributed by atoms with Gasteiger partial charge in [0.25, 0.3) is 0 Å². The third-order valence-corrected chi connectivity index (χ3v) is 2.32. The molecule has 19 heavy (non-hydrogen) atoms. The summed E-state index contributed by atoms with van der Waals surface area (Å²) >= 11 is 0. The van der Waals surface area contributed by atoms with Crippen molar-refractivity contribution >= 4 is 5.97 Å². The zero-order valence-electron chi connectivity index (χ0n) is 10.2. The van der Waals surface area contributed by atoms with Crippen LogP contribution >= 0.6 is 0 Å². The van der Waals surface area contributed by atoms with Crippen molar-refractivity contribution < 1.29 is 19.4 Å². The van der Waals surface area contributed by atoms with E-state index in [1.54, 1.807) is 6.07 Å². The number of hydrogen-bond acceptors (Lipinski definition) is 4. The predicted octanol–water partition coefficient (Wildman–Crippen LogP) is 2.24. The number of para-hydroxylation sites is 1. The Labute approximate surface area is 110 Å². The molecule has 0 fully saturated rings. The number of aromatic nitrogens is 1. The fourth-order valence-corrected chi connectivity index (χ4v) is 1.43. The van der Waals surface area contributed by atoms with E-state index in [-0.39, 0.29) is 5.69 Å². The molecule has 0 bridgehead atoms. The summed E-state index contributed by atoms with van der Waals surface area (Å²) in [5, 5.41) is 8.69. The van der Waals surface area contributed by atoms with Crippen molar-refractivity contribution in [3.63, 3.8) is 0 Å². The van der Waals surface area contributed by atoms with Crippen LogP contribution < -0.4 is 9.47 Å². The van der Waals surface area contributed by atoms with Crippen LogP contribution in [0, 0.1) is 0 Å². The van der Waals surface area contributed by atoms with Crippen LogP contribution in [0.2, 0.25) is 0 Å². The second kappa shape index (κ2) is 6.39. The minimum atomic E-state index is -1.06. The maximum absolute atomic E-state index is 10.6. The Balaban J connectivity index is 1.75. The third-order valence-electron chi connectivity index (χ3n) is 2.32. The van der Waals surface area contributed by atoms with Gasteiger partial charge in [0.1, 0.15) is 30.4 Å². The lowest BCUT2D eigenvalue weighted by atomic mass is 10.3. The summed E-state index contributed by atoms with van der Waals surface area (Å²) in [6.07, 6.45) is 1.38. The van der Waals surface area contributed by atoms with Gasteiger partial charge in [0.2, 0.25) is 0 Å². The molecule has 0 aliphatic rings. The molecule has 0 unspecified atom stereocenters. The summed E-state index contributed by atoms with van der Waals surface area (Å²) in [4.78, 5) is 14.4. The average Bonchev–Trinajstić information content (AvgIpc) is 2.45. The lowest BCUT2D eigenvalue weighted by Gasteiger charge is -2.07. The Kier molecular flexibility index (Phi) is 4.34. The number of carboxylic acid groups (broad SMARTS) is 1. The number of nitrogens with zero attached hydrogens (tertiary/aromatic N) is 1. The molecule has 5 heteroatoms. The highest BCUT2D eigenvalue weighted by Gasteiger charge is 2.03. The molecule has 5 nitrogen and oxygen atoms in total. The summed E-state index contributed by atoms with van der Waals surface area (Å²) in [5.74, 6) is 0.242. The predicted molar refractivity (Wildman–Crippen MR) is 68.6 cm³/mol. The van der Waals surface area contributed by atoms with Gasteiger partial charge >= 0.3 is 5.97 Å². The minimum absolute atomic E-state index is 0.00659. The van der Waals surface area contributed by atoms with E-state index in [0.29, 0.717) is 19.0 Å². The van der Waals surface area contributed by atoms with Gasteiger partial charge < -0.3 is 14.6 Å². The molecular weight excluding hydrogens is 246 g/mol. The Hall–Kier alpha value is -2.56. The molecule has 98 valence electrons. The average molecular weight is 259 g/mol. The number of carboxylic acids is 1. The molecule has 1 aromatic heterocycles. The standard InChI is InChI=1S/C14H13NO4/c16-14(17)13-7-6-12(10-15-13)19-9-8-18-11-4-2-1-3-5-11/h1-7,10H,8-9H2,(H,16,17). The highest BCUT2D eigenvalue weighted by Crippen LogP contribution is 2.10. The quantitative estimate of drug-likeness (QED) is 0.806. The topological polar surface area (TPSA) is 68.7 Å². The molecule has 0 spiro atoms. The van der Waals surface area contributed by atoms with Gasteiger partial charge in [0, 0.05) is 0 Å². The second-order valence-electron chi connectivity index (χ2n) is 3.69. The molecule has 2 rings (SSSR count). The van der Waals surface area contributed by atoms with Crippen LogP contribution in [-0.2, 0) is 0 Å². The highest BCUT2D eigenvalue weighted by molar-refractivity contribution is 5.85. The zero-order chi connectivity index (χ0) is 13.5. The fourth-order valence-electron chi connectivity index (χ4n) is 1.43. The molecule has 0 aliphatic carbocycles. The Morgan fingerprint density at radius 3 is 2.26 bits per heavy atom. The first-order chi connectivity index (χ1) is 9.25. The summed E-state index contributed by atoms with van der Waals surface area (Å²) in [6, 6.07) is 12.4. The first-order valence-electron chi connectivity index (χ1n) is 5.76. The van der Waals surface area contributed by atoms with Crippen molar-refractivity contribution in [3.8, 4) is 11.5 Å². The van der Waals surface area contributed by atoms with Crippen LogP contribution in [0.25, 0.3) is 0 Å². The minimum Gasteiger partial charge on any atom is -0.490 e. The van der Waals surface area contributed by atoms with Gasteiger partial charge in [-0.1, -0.05) is 18.2 Å². The number of carbonyl (C=O) groups is 1. The lowest BCUT2D eigenvalue weighted by Crippen LogP contribution is -2.09. The van der Waals surface area contributed by atoms with Gasteiger partial charge in [-0.15, -0.1) is 0 Å². The van der Waals surface area contributed by atoms with Crippen LogP contribution in [0.3, 0.4) is 0 Å². The smallest absolute Gasteiger partial charge is 0.354 e. The van der Waals surface area contributed by atoms with Gasteiger partial charge in [-0.2, -0.15) is 0 Å². The van der Waals surface area contributed by atoms with Crippen LogP contribution in [0.4, 0.5) is 0 Å². The van der Waals surface area contributed by atoms with Gasteiger partial charge in [0.15, 0.2) is 0 Å². The molecule has 1 aromatic carbocycles. The Morgan fingerprint density at radius 2 is 1.68 bits per heavy atom. The van der Waals surface area contributed by atoms with Crippen molar-refractivity contribution in [1.29, 1.82) is 0 Å². The number of rotatable bonds is 6. The normalized spacial score (nSPS) is 9.89. The van der Waals surface area contributed by atoms with Crippen molar-refractivity contribution in [2.45, 2.75) is 0 Å². The van der Waals surface area contributed by atoms with E-state index in [1.165, 1.54) is 12.3 Å². The molecule has 0 saturated heterocycles. The van der Waals surface area contributed by atoms with Gasteiger partial charge in [-0.3, -0.25) is 0 Å². The number of pyridine rings is 1. The number of ether oxygens (including phenoxy) is 2. The zero-order valence-corrected chi connectivity index (χ0v) is 10.2. The van der Waals surface area contributed by atoms with Gasteiger partial charge in [0.05, 0.1) is 6.20 Å². The molecular formula is C14H13NO4. The lowest BCUT2D eigenvalue weighted by molar-refractivity contribution is 0.0690. The summed E-state index contributed by atoms with van der Waals surface area (Å²) < 4.78 is 10.8. The number of hydrogen-bond donors (Lipinski definition) is 1. The fraction of sp³-hybridized carbons (Fsp3) is 0.143. The third kappa shape index (κ3) is 3.99. The molecule has 1 heterocycles. The van der Waals surface area contributed by atoms with Crippen molar-refractivity contribution in [2.24, 2.45) is 0 Å². The Morgan fingerprint density at radius 1 is 1.00 bits per heavy atom. The molecule has 0 radical (unpaired) electrons. The summed E-state index contributed by atoms with van der Waals surface area (Å²) in [7, 11) is 0. The SMILES string of the molecule is O=C(O)c1ccc(OCCOc2ccccc2)cn1. The van der Waals surface area contributed by atoms with E-state index < -0.39 is 5.97 Å².